The van der Waals surface area contributed by atoms with E-state index in [0.717, 1.165) is 161 Å². The van der Waals surface area contributed by atoms with E-state index < -0.39 is 97.5 Å². The van der Waals surface area contributed by atoms with Crippen LogP contribution in [0, 0.1) is 0 Å². The zero-order valence-electron chi connectivity index (χ0n) is 66.1. The molecule has 0 aromatic heterocycles. The minimum atomic E-state index is -5.01. The summed E-state index contributed by atoms with van der Waals surface area (Å²) in [5, 5.41) is 10.6. The van der Waals surface area contributed by atoms with Crippen LogP contribution in [0.2, 0.25) is 0 Å². The normalized spacial score (nSPS) is 14.7. The highest BCUT2D eigenvalue weighted by Gasteiger charge is 2.30. The summed E-state index contributed by atoms with van der Waals surface area (Å²) in [6.45, 7) is 4.54. The van der Waals surface area contributed by atoms with Gasteiger partial charge in [0.1, 0.15) is 19.3 Å². The molecule has 0 radical (unpaired) electrons. The van der Waals surface area contributed by atoms with Gasteiger partial charge in [-0.1, -0.05) is 276 Å². The lowest BCUT2D eigenvalue weighted by molar-refractivity contribution is -0.161. The first-order chi connectivity index (χ1) is 51.7. The van der Waals surface area contributed by atoms with Gasteiger partial charge in [-0.3, -0.25) is 37.3 Å². The maximum absolute atomic E-state index is 13.1. The Hall–Kier alpha value is -5.32. The number of hydrogen-bond donors (Lipinski definition) is 3. The standard InChI is InChI=1S/C87H144O17P2/c1-5-9-13-17-21-25-29-33-36-38-40-42-45-49-53-57-61-65-69-73-86(91)103-82(77-97-84(89)71-67-63-59-55-51-47-32-28-24-20-16-12-8-4)79-101-105(93,94)99-75-81(88)76-100-106(95,96)102-80-83(78-98-85(90)72-68-64-60-56-52-48-44-35-31-27-23-19-15-11-7-3)104-87(92)74-70-66-62-58-54-50-46-43-41-39-37-34-30-26-22-18-14-10-6-2/h9,13,21-23,25-28,32-37,40-44,49-50,53-54,62,66,81-83,88H,5-8,10-12,14-20,24,29-31,38-39,45-48,51-52,55-61,63-65,67-80H2,1-4H3,(H,93,94)(H,95,96)/b13-9-,25-21-,26-22-,27-23-,32-28-,36-33-,37-34-,42-40-,43-41-,44-35-,53-49-,54-50-,66-62-/t81-,82+,83+/m0/s1. The van der Waals surface area contributed by atoms with Gasteiger partial charge in [-0.05, 0) is 167 Å². The topological polar surface area (TPSA) is 237 Å². The minimum Gasteiger partial charge on any atom is -0.462 e. The molecule has 0 saturated carbocycles. The van der Waals surface area contributed by atoms with E-state index in [1.165, 1.54) is 64.2 Å². The van der Waals surface area contributed by atoms with Crippen molar-refractivity contribution in [2.45, 2.75) is 329 Å². The van der Waals surface area contributed by atoms with Crippen LogP contribution in [0.25, 0.3) is 0 Å². The second kappa shape index (κ2) is 77.8. The molecule has 17 nitrogen and oxygen atoms in total. The van der Waals surface area contributed by atoms with Crippen molar-refractivity contribution in [2.24, 2.45) is 0 Å². The first-order valence-electron chi connectivity index (χ1n) is 40.7. The van der Waals surface area contributed by atoms with E-state index in [9.17, 15) is 43.2 Å². The Labute approximate surface area is 642 Å². The van der Waals surface area contributed by atoms with Gasteiger partial charge in [-0.25, -0.2) is 9.13 Å². The van der Waals surface area contributed by atoms with E-state index in [1.807, 2.05) is 18.2 Å². The van der Waals surface area contributed by atoms with Gasteiger partial charge in [-0.2, -0.15) is 0 Å². The number of hydrogen-bond acceptors (Lipinski definition) is 15. The molecule has 2 unspecified atom stereocenters. The Kier molecular flexibility index (Phi) is 73.9. The number of phosphoric acid groups is 2. The molecule has 0 rings (SSSR count). The Morgan fingerprint density at radius 2 is 0.509 bits per heavy atom. The van der Waals surface area contributed by atoms with Crippen LogP contribution in [-0.2, 0) is 65.4 Å². The summed E-state index contributed by atoms with van der Waals surface area (Å²) in [6.07, 6.45) is 90.9. The van der Waals surface area contributed by atoms with Crippen LogP contribution in [-0.4, -0.2) is 96.7 Å². The number of ether oxygens (including phenoxy) is 4. The molecule has 0 amide bonds. The van der Waals surface area contributed by atoms with Crippen LogP contribution in [0.5, 0.6) is 0 Å². The molecule has 0 aromatic carbocycles. The van der Waals surface area contributed by atoms with Gasteiger partial charge >= 0.3 is 39.5 Å². The second-order valence-electron chi connectivity index (χ2n) is 26.6. The summed E-state index contributed by atoms with van der Waals surface area (Å²) in [5.74, 6) is -2.34. The van der Waals surface area contributed by atoms with Crippen molar-refractivity contribution < 1.29 is 80.2 Å². The van der Waals surface area contributed by atoms with Crippen molar-refractivity contribution in [2.75, 3.05) is 39.6 Å². The van der Waals surface area contributed by atoms with Crippen molar-refractivity contribution in [3.63, 3.8) is 0 Å². The van der Waals surface area contributed by atoms with Gasteiger partial charge in [0.25, 0.3) is 0 Å². The summed E-state index contributed by atoms with van der Waals surface area (Å²) in [5.41, 5.74) is 0. The number of carbonyl (C=O) groups excluding carboxylic acids is 4. The average Bonchev–Trinajstić information content (AvgIpc) is 0.937. The van der Waals surface area contributed by atoms with Crippen molar-refractivity contribution in [1.82, 2.24) is 0 Å². The lowest BCUT2D eigenvalue weighted by Crippen LogP contribution is -2.30. The second-order valence-corrected chi connectivity index (χ2v) is 29.5. The van der Waals surface area contributed by atoms with E-state index in [-0.39, 0.29) is 25.7 Å². The Morgan fingerprint density at radius 1 is 0.274 bits per heavy atom. The minimum absolute atomic E-state index is 0.0369. The summed E-state index contributed by atoms with van der Waals surface area (Å²) in [4.78, 5) is 73.0. The monoisotopic (exact) mass is 1520 g/mol. The molecular weight excluding hydrogens is 1380 g/mol. The first kappa shape index (κ1) is 101. The molecule has 0 aliphatic rings. The molecule has 0 saturated heterocycles. The molecule has 0 heterocycles. The third-order valence-corrected chi connectivity index (χ3v) is 18.4. The third kappa shape index (κ3) is 76.9. The molecule has 106 heavy (non-hydrogen) atoms. The number of aliphatic hydroxyl groups is 1. The maximum Gasteiger partial charge on any atom is 0.472 e. The molecule has 3 N–H and O–H groups in total. The largest absolute Gasteiger partial charge is 0.472 e. The van der Waals surface area contributed by atoms with Crippen LogP contribution < -0.4 is 0 Å². The fraction of sp³-hybridized carbons (Fsp3) is 0.655. The Morgan fingerprint density at radius 3 is 0.849 bits per heavy atom. The zero-order valence-corrected chi connectivity index (χ0v) is 67.8. The molecule has 0 spiro atoms. The summed E-state index contributed by atoms with van der Waals surface area (Å²) >= 11 is 0. The highest BCUT2D eigenvalue weighted by atomic mass is 31.2. The van der Waals surface area contributed by atoms with Crippen molar-refractivity contribution in [3.05, 3.63) is 158 Å². The quantitative estimate of drug-likeness (QED) is 0.0169. The fourth-order valence-electron chi connectivity index (χ4n) is 10.3. The lowest BCUT2D eigenvalue weighted by Gasteiger charge is -2.21. The summed E-state index contributed by atoms with van der Waals surface area (Å²) < 4.78 is 68.5. The first-order valence-corrected chi connectivity index (χ1v) is 43.7. The number of esters is 4. The van der Waals surface area contributed by atoms with Gasteiger partial charge in [0.05, 0.1) is 26.4 Å². The molecule has 0 aliphatic heterocycles. The van der Waals surface area contributed by atoms with Crippen molar-refractivity contribution >= 4 is 39.5 Å². The summed E-state index contributed by atoms with van der Waals surface area (Å²) in [6, 6.07) is 0. The lowest BCUT2D eigenvalue weighted by atomic mass is 10.1. The molecule has 0 aliphatic carbocycles. The van der Waals surface area contributed by atoms with Crippen LogP contribution in [0.4, 0.5) is 0 Å². The molecular formula is C87H144O17P2. The van der Waals surface area contributed by atoms with Crippen LogP contribution >= 0.6 is 15.6 Å². The van der Waals surface area contributed by atoms with Gasteiger partial charge in [0, 0.05) is 25.7 Å². The van der Waals surface area contributed by atoms with Crippen LogP contribution in [0.1, 0.15) is 310 Å². The molecule has 19 heteroatoms. The van der Waals surface area contributed by atoms with Gasteiger partial charge in [0.15, 0.2) is 12.2 Å². The summed E-state index contributed by atoms with van der Waals surface area (Å²) in [7, 11) is -10.0. The van der Waals surface area contributed by atoms with E-state index in [2.05, 4.69) is 167 Å². The van der Waals surface area contributed by atoms with Crippen LogP contribution in [0.15, 0.2) is 158 Å². The zero-order chi connectivity index (χ0) is 77.4. The van der Waals surface area contributed by atoms with Crippen LogP contribution in [0.3, 0.4) is 0 Å². The fourth-order valence-corrected chi connectivity index (χ4v) is 11.8. The smallest absolute Gasteiger partial charge is 0.462 e. The highest BCUT2D eigenvalue weighted by Crippen LogP contribution is 2.45. The Bertz CT molecular complexity index is 2630. The third-order valence-electron chi connectivity index (χ3n) is 16.5. The highest BCUT2D eigenvalue weighted by molar-refractivity contribution is 7.47. The number of unbranched alkanes of at least 4 members (excludes halogenated alkanes) is 23. The predicted octanol–water partition coefficient (Wildman–Crippen LogP) is 24.0. The molecule has 5 atom stereocenters. The predicted molar refractivity (Wildman–Crippen MR) is 436 cm³/mol. The number of phosphoric ester groups is 2. The van der Waals surface area contributed by atoms with E-state index in [1.54, 1.807) is 0 Å². The van der Waals surface area contributed by atoms with Gasteiger partial charge in [-0.15, -0.1) is 0 Å². The maximum atomic E-state index is 13.1. The van der Waals surface area contributed by atoms with Gasteiger partial charge in [0.2, 0.25) is 0 Å². The van der Waals surface area contributed by atoms with E-state index >= 15 is 0 Å². The van der Waals surface area contributed by atoms with E-state index in [4.69, 9.17) is 37.0 Å². The van der Waals surface area contributed by atoms with Crippen molar-refractivity contribution in [3.8, 4) is 0 Å². The SMILES string of the molecule is CC/C=C\C/C=C\C/C=C\C/C=C\C/C=C\CCCCCC(=O)O[C@H](COC(=O)CCCCCCC/C=C\CCCCCC)COP(=O)(O)OC[C@H](O)COP(=O)(O)OC[C@@H](COC(=O)CCCCCCC/C=C\C/C=C\CCCCC)OC(=O)CC/C=C\C/C=C\C/C=C\C/C=C\C/C=C\CCCCC. The number of allylic oxidation sites excluding steroid dienone is 26. The number of rotatable bonds is 75. The molecule has 0 bridgehead atoms. The number of aliphatic hydroxyl groups excluding tert-OH is 1. The van der Waals surface area contributed by atoms with Gasteiger partial charge < -0.3 is 33.8 Å². The van der Waals surface area contributed by atoms with Crippen molar-refractivity contribution in [1.29, 1.82) is 0 Å². The van der Waals surface area contributed by atoms with E-state index in [0.29, 0.717) is 32.1 Å². The molecule has 0 aromatic rings. The Balaban J connectivity index is 5.50. The number of carbonyl (C=O) groups is 4. The molecule has 0 fully saturated rings. The molecule has 604 valence electrons. The average molecular weight is 1520 g/mol.